The van der Waals surface area contributed by atoms with Gasteiger partial charge in [0.25, 0.3) is 0 Å². The molecule has 0 saturated heterocycles. The fourth-order valence-corrected chi connectivity index (χ4v) is 1.26. The van der Waals surface area contributed by atoms with Crippen LogP contribution >= 0.6 is 0 Å². The van der Waals surface area contributed by atoms with Crippen molar-refractivity contribution in [2.45, 2.75) is 32.0 Å². The molecule has 0 spiro atoms. The quantitative estimate of drug-likeness (QED) is 0.734. The van der Waals surface area contributed by atoms with Gasteiger partial charge >= 0.3 is 0 Å². The second-order valence-electron chi connectivity index (χ2n) is 3.23. The van der Waals surface area contributed by atoms with Gasteiger partial charge in [-0.15, -0.1) is 0 Å². The van der Waals surface area contributed by atoms with Crippen LogP contribution in [0.5, 0.6) is 0 Å². The maximum Gasteiger partial charge on any atom is 0.0839 e. The van der Waals surface area contributed by atoms with E-state index in [9.17, 15) is 10.2 Å². The van der Waals surface area contributed by atoms with Crippen LogP contribution in [0.25, 0.3) is 0 Å². The Morgan fingerprint density at radius 2 is 1.69 bits per heavy atom. The van der Waals surface area contributed by atoms with Crippen molar-refractivity contribution in [1.29, 1.82) is 0 Å². The van der Waals surface area contributed by atoms with Gasteiger partial charge in [0.1, 0.15) is 0 Å². The highest BCUT2D eigenvalue weighted by atomic mass is 16.3. The van der Waals surface area contributed by atoms with Gasteiger partial charge < -0.3 is 10.2 Å². The average molecular weight is 180 g/mol. The van der Waals surface area contributed by atoms with Crippen LogP contribution in [0.1, 0.15) is 18.9 Å². The summed E-state index contributed by atoms with van der Waals surface area (Å²) < 4.78 is 0. The highest BCUT2D eigenvalue weighted by Crippen LogP contribution is 2.07. The fraction of sp³-hybridized carbons (Fsp3) is 0.455. The number of rotatable bonds is 4. The molecule has 2 atom stereocenters. The van der Waals surface area contributed by atoms with Gasteiger partial charge in [0, 0.05) is 6.42 Å². The third kappa shape index (κ3) is 3.17. The summed E-state index contributed by atoms with van der Waals surface area (Å²) in [6, 6.07) is 9.70. The minimum Gasteiger partial charge on any atom is -0.390 e. The van der Waals surface area contributed by atoms with Gasteiger partial charge in [0.05, 0.1) is 12.2 Å². The average Bonchev–Trinajstić information content (AvgIpc) is 2.18. The summed E-state index contributed by atoms with van der Waals surface area (Å²) in [5.74, 6) is 0. The molecule has 0 bridgehead atoms. The van der Waals surface area contributed by atoms with Gasteiger partial charge in [0.15, 0.2) is 0 Å². The molecule has 0 aromatic heterocycles. The number of hydrogen-bond donors (Lipinski definition) is 2. The summed E-state index contributed by atoms with van der Waals surface area (Å²) in [6.07, 6.45) is -0.142. The number of aliphatic hydroxyl groups is 2. The van der Waals surface area contributed by atoms with Crippen molar-refractivity contribution in [1.82, 2.24) is 0 Å². The molecule has 0 saturated carbocycles. The molecule has 0 unspecified atom stereocenters. The van der Waals surface area contributed by atoms with Gasteiger partial charge in [0.2, 0.25) is 0 Å². The molecule has 0 aliphatic rings. The molecule has 2 N–H and O–H groups in total. The lowest BCUT2D eigenvalue weighted by molar-refractivity contribution is 0.0182. The summed E-state index contributed by atoms with van der Waals surface area (Å²) in [5.41, 5.74) is 1.06. The second kappa shape index (κ2) is 5.00. The standard InChI is InChI=1S/C11H16O2/c1-2-10(12)11(13)8-9-6-4-3-5-7-9/h3-7,10-13H,2,8H2,1H3/t10-,11-/m0/s1. The van der Waals surface area contributed by atoms with E-state index in [1.165, 1.54) is 0 Å². The van der Waals surface area contributed by atoms with Crippen molar-refractivity contribution >= 4 is 0 Å². The van der Waals surface area contributed by atoms with E-state index >= 15 is 0 Å². The van der Waals surface area contributed by atoms with Crippen LogP contribution in [-0.2, 0) is 6.42 Å². The van der Waals surface area contributed by atoms with E-state index in [0.717, 1.165) is 5.56 Å². The van der Waals surface area contributed by atoms with Gasteiger partial charge in [-0.3, -0.25) is 0 Å². The maximum atomic E-state index is 9.52. The predicted octanol–water partition coefficient (Wildman–Crippen LogP) is 1.36. The van der Waals surface area contributed by atoms with Crippen molar-refractivity contribution in [2.75, 3.05) is 0 Å². The molecular weight excluding hydrogens is 164 g/mol. The summed E-state index contributed by atoms with van der Waals surface area (Å²) >= 11 is 0. The maximum absolute atomic E-state index is 9.52. The minimum absolute atomic E-state index is 0.524. The van der Waals surface area contributed by atoms with Crippen LogP contribution in [0.3, 0.4) is 0 Å². The normalized spacial score (nSPS) is 15.3. The van der Waals surface area contributed by atoms with Crippen LogP contribution < -0.4 is 0 Å². The Labute approximate surface area is 78.8 Å². The lowest BCUT2D eigenvalue weighted by atomic mass is 10.0. The van der Waals surface area contributed by atoms with E-state index < -0.39 is 12.2 Å². The molecule has 0 aliphatic carbocycles. The first-order valence-electron chi connectivity index (χ1n) is 4.64. The number of hydrogen-bond acceptors (Lipinski definition) is 2. The molecule has 2 heteroatoms. The molecule has 0 heterocycles. The van der Waals surface area contributed by atoms with E-state index in [1.54, 1.807) is 0 Å². The van der Waals surface area contributed by atoms with Crippen molar-refractivity contribution in [2.24, 2.45) is 0 Å². The van der Waals surface area contributed by atoms with Gasteiger partial charge in [-0.05, 0) is 12.0 Å². The Kier molecular flexibility index (Phi) is 3.93. The van der Waals surface area contributed by atoms with Crippen molar-refractivity contribution in [3.05, 3.63) is 35.9 Å². The minimum atomic E-state index is -0.646. The molecular formula is C11H16O2. The molecule has 0 radical (unpaired) electrons. The molecule has 2 nitrogen and oxygen atoms in total. The van der Waals surface area contributed by atoms with Crippen LogP contribution in [-0.4, -0.2) is 22.4 Å². The molecule has 1 aromatic rings. The predicted molar refractivity (Wildman–Crippen MR) is 52.5 cm³/mol. The third-order valence-corrected chi connectivity index (χ3v) is 2.15. The van der Waals surface area contributed by atoms with E-state index in [2.05, 4.69) is 0 Å². The Morgan fingerprint density at radius 3 is 2.23 bits per heavy atom. The Balaban J connectivity index is 2.50. The van der Waals surface area contributed by atoms with Crippen molar-refractivity contribution in [3.63, 3.8) is 0 Å². The van der Waals surface area contributed by atoms with Crippen LogP contribution in [0.2, 0.25) is 0 Å². The van der Waals surface area contributed by atoms with Crippen LogP contribution in [0, 0.1) is 0 Å². The third-order valence-electron chi connectivity index (χ3n) is 2.15. The van der Waals surface area contributed by atoms with Crippen molar-refractivity contribution < 1.29 is 10.2 Å². The Hall–Kier alpha value is -0.860. The molecule has 0 fully saturated rings. The number of benzene rings is 1. The highest BCUT2D eigenvalue weighted by molar-refractivity contribution is 5.15. The topological polar surface area (TPSA) is 40.5 Å². The van der Waals surface area contributed by atoms with E-state index in [-0.39, 0.29) is 0 Å². The Morgan fingerprint density at radius 1 is 1.08 bits per heavy atom. The zero-order valence-electron chi connectivity index (χ0n) is 7.85. The first-order valence-corrected chi connectivity index (χ1v) is 4.64. The second-order valence-corrected chi connectivity index (χ2v) is 3.23. The molecule has 0 aliphatic heterocycles. The number of aliphatic hydroxyl groups excluding tert-OH is 2. The summed E-state index contributed by atoms with van der Waals surface area (Å²) in [5, 5.41) is 18.9. The zero-order chi connectivity index (χ0) is 9.68. The lowest BCUT2D eigenvalue weighted by Gasteiger charge is -2.15. The first-order chi connectivity index (χ1) is 6.24. The molecule has 72 valence electrons. The van der Waals surface area contributed by atoms with Gasteiger partial charge in [-0.25, -0.2) is 0 Å². The van der Waals surface area contributed by atoms with E-state index in [4.69, 9.17) is 0 Å². The summed E-state index contributed by atoms with van der Waals surface area (Å²) in [4.78, 5) is 0. The smallest absolute Gasteiger partial charge is 0.0839 e. The van der Waals surface area contributed by atoms with E-state index in [1.807, 2.05) is 37.3 Å². The molecule has 0 amide bonds. The van der Waals surface area contributed by atoms with Crippen LogP contribution in [0.4, 0.5) is 0 Å². The van der Waals surface area contributed by atoms with Crippen molar-refractivity contribution in [3.8, 4) is 0 Å². The Bertz CT molecular complexity index is 233. The molecule has 13 heavy (non-hydrogen) atoms. The zero-order valence-corrected chi connectivity index (χ0v) is 7.85. The lowest BCUT2D eigenvalue weighted by Crippen LogP contribution is -2.27. The van der Waals surface area contributed by atoms with E-state index in [0.29, 0.717) is 12.8 Å². The van der Waals surface area contributed by atoms with Gasteiger partial charge in [-0.2, -0.15) is 0 Å². The largest absolute Gasteiger partial charge is 0.390 e. The SMILES string of the molecule is CC[C@H](O)[C@@H](O)Cc1ccccc1. The molecule has 1 rings (SSSR count). The van der Waals surface area contributed by atoms with Gasteiger partial charge in [-0.1, -0.05) is 37.3 Å². The summed E-state index contributed by atoms with van der Waals surface area (Å²) in [7, 11) is 0. The van der Waals surface area contributed by atoms with Crippen LogP contribution in [0.15, 0.2) is 30.3 Å². The molecule has 1 aromatic carbocycles. The first kappa shape index (κ1) is 10.2. The fourth-order valence-electron chi connectivity index (χ4n) is 1.26. The summed E-state index contributed by atoms with van der Waals surface area (Å²) in [6.45, 7) is 1.86. The monoisotopic (exact) mass is 180 g/mol. The highest BCUT2D eigenvalue weighted by Gasteiger charge is 2.13.